The average molecular weight is 1510 g/mol. The zero-order valence-electron chi connectivity index (χ0n) is 62.7. The number of benzene rings is 5. The quantitative estimate of drug-likeness (QED) is 0.0360. The predicted molar refractivity (Wildman–Crippen MR) is 392 cm³/mol. The fourth-order valence-electron chi connectivity index (χ4n) is 9.31. The molecule has 570 valence electrons. The lowest BCUT2D eigenvalue weighted by molar-refractivity contribution is 0.150. The first kappa shape index (κ1) is 93.3. The summed E-state index contributed by atoms with van der Waals surface area (Å²) in [5.74, 6) is 0. The summed E-state index contributed by atoms with van der Waals surface area (Å²) in [5.41, 5.74) is 8.35. The highest BCUT2D eigenvalue weighted by molar-refractivity contribution is 7.90. The number of nitrogens with zero attached hydrogens (tertiary/aromatic N) is 5. The van der Waals surface area contributed by atoms with E-state index in [1.807, 2.05) is 95.3 Å². The van der Waals surface area contributed by atoms with Crippen molar-refractivity contribution in [1.82, 2.24) is 21.5 Å². The summed E-state index contributed by atoms with van der Waals surface area (Å²) in [4.78, 5) is 1.76. The van der Waals surface area contributed by atoms with Gasteiger partial charge in [0.2, 0.25) is 50.1 Å². The standard InChI is InChI=1S/5C14H23NO4S/c5*1-12-5-6-13(2)14(11-12)20(16,17)15(7-9-18-3)8-10-19-4/h5*5-6,11H,7-10H2,1-4H3. The number of sulfonamides is 5. The first-order valence-corrected chi connectivity index (χ1v) is 39.6. The van der Waals surface area contributed by atoms with Gasteiger partial charge in [-0.2, -0.15) is 21.5 Å². The van der Waals surface area contributed by atoms with E-state index in [4.69, 9.17) is 47.4 Å². The van der Waals surface area contributed by atoms with E-state index in [2.05, 4.69) is 0 Å². The van der Waals surface area contributed by atoms with Gasteiger partial charge >= 0.3 is 0 Å². The van der Waals surface area contributed by atoms with Gasteiger partial charge in [0.05, 0.1) is 90.5 Å². The Morgan fingerprint density at radius 2 is 0.320 bits per heavy atom. The number of ether oxygens (including phenoxy) is 10. The maximum atomic E-state index is 12.7. The second-order valence-corrected chi connectivity index (χ2v) is 32.8. The maximum Gasteiger partial charge on any atom is 0.243 e. The third kappa shape index (κ3) is 30.9. The molecule has 25 nitrogen and oxygen atoms in total. The molecule has 30 heteroatoms. The average Bonchev–Trinajstić information content (AvgIpc) is 0.835. The summed E-state index contributed by atoms with van der Waals surface area (Å²) in [7, 11) is -2.08. The number of hydrogen-bond donors (Lipinski definition) is 0. The molecule has 0 spiro atoms. The molecule has 0 saturated carbocycles. The fourth-order valence-corrected chi connectivity index (χ4v) is 17.9. The highest BCUT2D eigenvalue weighted by Gasteiger charge is 2.30. The van der Waals surface area contributed by atoms with Crippen LogP contribution in [0, 0.1) is 69.2 Å². The SMILES string of the molecule is COCCN(CCOC)S(=O)(=O)c1cc(C)ccc1C.COCCN(CCOC)S(=O)(=O)c1cc(C)ccc1C.COCCN(CCOC)S(=O)(=O)c1cc(C)ccc1C.COCCN(CCOC)S(=O)(=O)c1cc(C)ccc1C.COCCN(CCOC)S(=O)(=O)c1cc(C)ccc1C. The van der Waals surface area contributed by atoms with E-state index < -0.39 is 50.1 Å². The summed E-state index contributed by atoms with van der Waals surface area (Å²) in [6, 6.07) is 27.2. The van der Waals surface area contributed by atoms with Crippen LogP contribution in [-0.4, -0.2) is 266 Å². The van der Waals surface area contributed by atoms with Crippen molar-refractivity contribution in [2.45, 2.75) is 93.7 Å². The molecule has 0 heterocycles. The molecular formula is C70H115N5O20S5. The molecule has 5 aromatic rings. The monoisotopic (exact) mass is 1510 g/mol. The predicted octanol–water partition coefficient (Wildman–Crippen LogP) is 7.93. The first-order valence-electron chi connectivity index (χ1n) is 32.4. The molecule has 0 aliphatic rings. The Labute approximate surface area is 600 Å². The topological polar surface area (TPSA) is 279 Å². The van der Waals surface area contributed by atoms with Gasteiger partial charge in [0.25, 0.3) is 0 Å². The zero-order valence-corrected chi connectivity index (χ0v) is 66.8. The van der Waals surface area contributed by atoms with Gasteiger partial charge in [0.1, 0.15) is 0 Å². The van der Waals surface area contributed by atoms with Crippen molar-refractivity contribution in [2.75, 3.05) is 203 Å². The lowest BCUT2D eigenvalue weighted by atomic mass is 10.2. The summed E-state index contributed by atoms with van der Waals surface area (Å²) >= 11 is 0. The second-order valence-electron chi connectivity index (χ2n) is 23.3. The Balaban J connectivity index is 0.000000625. The first-order chi connectivity index (χ1) is 47.1. The van der Waals surface area contributed by atoms with Gasteiger partial charge in [-0.05, 0) is 155 Å². The minimum atomic E-state index is -3.53. The van der Waals surface area contributed by atoms with Gasteiger partial charge in [0.15, 0.2) is 0 Å². The summed E-state index contributed by atoms with van der Waals surface area (Å²) in [5, 5.41) is 0. The van der Waals surface area contributed by atoms with Gasteiger partial charge in [-0.25, -0.2) is 42.1 Å². The van der Waals surface area contributed by atoms with Crippen molar-refractivity contribution in [2.24, 2.45) is 0 Å². The molecule has 0 saturated heterocycles. The summed E-state index contributed by atoms with van der Waals surface area (Å²) in [6.45, 7) is 25.1. The highest BCUT2D eigenvalue weighted by atomic mass is 32.2. The van der Waals surface area contributed by atoms with Crippen LogP contribution in [0.2, 0.25) is 0 Å². The summed E-state index contributed by atoms with van der Waals surface area (Å²) in [6.07, 6.45) is 0. The molecule has 0 fully saturated rings. The number of hydrogen-bond acceptors (Lipinski definition) is 20. The van der Waals surface area contributed by atoms with Crippen molar-refractivity contribution >= 4 is 50.1 Å². The van der Waals surface area contributed by atoms with Crippen LogP contribution in [0.3, 0.4) is 0 Å². The van der Waals surface area contributed by atoms with E-state index in [1.165, 1.54) is 21.5 Å². The molecule has 5 rings (SSSR count). The van der Waals surface area contributed by atoms with Crippen LogP contribution in [-0.2, 0) is 97.5 Å². The van der Waals surface area contributed by atoms with Crippen molar-refractivity contribution in [3.8, 4) is 0 Å². The van der Waals surface area contributed by atoms with Crippen LogP contribution in [0.5, 0.6) is 0 Å². The van der Waals surface area contributed by atoms with Gasteiger partial charge in [0, 0.05) is 137 Å². The van der Waals surface area contributed by atoms with E-state index in [-0.39, 0.29) is 0 Å². The molecule has 0 aromatic heterocycles. The van der Waals surface area contributed by atoms with E-state index in [0.29, 0.717) is 156 Å². The minimum absolute atomic E-state index is 0.315. The van der Waals surface area contributed by atoms with Gasteiger partial charge in [-0.15, -0.1) is 0 Å². The van der Waals surface area contributed by atoms with E-state index in [1.54, 1.807) is 136 Å². The van der Waals surface area contributed by atoms with Crippen LogP contribution in [0.1, 0.15) is 55.6 Å². The molecule has 0 bridgehead atoms. The largest absolute Gasteiger partial charge is 0.383 e. The Hall–Kier alpha value is -4.75. The molecule has 5 aromatic carbocycles. The Morgan fingerprint density at radius 1 is 0.210 bits per heavy atom. The smallest absolute Gasteiger partial charge is 0.243 e. The van der Waals surface area contributed by atoms with Crippen molar-refractivity contribution in [1.29, 1.82) is 0 Å². The number of aryl methyl sites for hydroxylation is 10. The molecule has 0 amide bonds. The fraction of sp³-hybridized carbons (Fsp3) is 0.571. The van der Waals surface area contributed by atoms with E-state index in [9.17, 15) is 42.1 Å². The van der Waals surface area contributed by atoms with Crippen LogP contribution >= 0.6 is 0 Å². The third-order valence-electron chi connectivity index (χ3n) is 15.3. The molecule has 0 aliphatic heterocycles. The van der Waals surface area contributed by atoms with Crippen molar-refractivity contribution < 1.29 is 89.5 Å². The van der Waals surface area contributed by atoms with E-state index in [0.717, 1.165) is 55.6 Å². The van der Waals surface area contributed by atoms with Crippen LogP contribution in [0.15, 0.2) is 115 Å². The van der Waals surface area contributed by atoms with Crippen LogP contribution < -0.4 is 0 Å². The lowest BCUT2D eigenvalue weighted by Gasteiger charge is -2.22. The molecule has 100 heavy (non-hydrogen) atoms. The Kier molecular flexibility index (Phi) is 45.1. The van der Waals surface area contributed by atoms with Crippen molar-refractivity contribution in [3.05, 3.63) is 147 Å². The number of methoxy groups -OCH3 is 10. The molecule has 0 unspecified atom stereocenters. The third-order valence-corrected chi connectivity index (χ3v) is 25.5. The molecule has 0 radical (unpaired) electrons. The van der Waals surface area contributed by atoms with Gasteiger partial charge in [-0.3, -0.25) is 0 Å². The molecule has 0 aliphatic carbocycles. The zero-order chi connectivity index (χ0) is 75.9. The second kappa shape index (κ2) is 48.3. The Bertz CT molecular complexity index is 3170. The number of rotatable bonds is 40. The highest BCUT2D eigenvalue weighted by Crippen LogP contribution is 2.26. The van der Waals surface area contributed by atoms with E-state index >= 15 is 0 Å². The van der Waals surface area contributed by atoms with Crippen LogP contribution in [0.4, 0.5) is 0 Å². The van der Waals surface area contributed by atoms with Gasteiger partial charge < -0.3 is 47.4 Å². The summed E-state index contributed by atoms with van der Waals surface area (Å²) < 4.78 is 184. The molecular weight excluding hydrogens is 1390 g/mol. The van der Waals surface area contributed by atoms with Gasteiger partial charge in [-0.1, -0.05) is 60.7 Å². The van der Waals surface area contributed by atoms with Crippen molar-refractivity contribution in [3.63, 3.8) is 0 Å². The lowest BCUT2D eigenvalue weighted by Crippen LogP contribution is -2.36. The minimum Gasteiger partial charge on any atom is -0.383 e. The Morgan fingerprint density at radius 3 is 0.420 bits per heavy atom. The molecule has 0 atom stereocenters. The normalized spacial score (nSPS) is 12.1. The van der Waals surface area contributed by atoms with Crippen LogP contribution in [0.25, 0.3) is 0 Å². The molecule has 0 N–H and O–H groups in total. The maximum absolute atomic E-state index is 12.7.